The number of carboxylic acid groups (broad SMARTS) is 1. The average Bonchev–Trinajstić information content (AvgIpc) is 3.12. The molecule has 2 amide bonds. The predicted molar refractivity (Wildman–Crippen MR) is 62.7 cm³/mol. The standard InChI is InChI=1S/C12H20N2O3/c1-8(9-2-3-9)14(10-4-5-10)12(17)13-7-6-11(15)16/h8-10H,2-7H2,1H3,(H,13,17)(H,15,16). The number of carboxylic acids is 1. The average molecular weight is 240 g/mol. The van der Waals surface area contributed by atoms with Crippen LogP contribution in [-0.2, 0) is 4.79 Å². The summed E-state index contributed by atoms with van der Waals surface area (Å²) in [6, 6.07) is 0.593. The monoisotopic (exact) mass is 240 g/mol. The van der Waals surface area contributed by atoms with Gasteiger partial charge in [0, 0.05) is 18.6 Å². The van der Waals surface area contributed by atoms with Crippen LogP contribution in [0.1, 0.15) is 39.0 Å². The first-order chi connectivity index (χ1) is 8.09. The van der Waals surface area contributed by atoms with Gasteiger partial charge in [-0.05, 0) is 38.5 Å². The molecule has 2 aliphatic rings. The van der Waals surface area contributed by atoms with Gasteiger partial charge in [0.2, 0.25) is 0 Å². The molecule has 0 spiro atoms. The number of nitrogens with one attached hydrogen (secondary N) is 1. The Morgan fingerprint density at radius 1 is 1.35 bits per heavy atom. The van der Waals surface area contributed by atoms with Gasteiger partial charge in [-0.2, -0.15) is 0 Å². The van der Waals surface area contributed by atoms with Gasteiger partial charge in [-0.1, -0.05) is 0 Å². The van der Waals surface area contributed by atoms with Crippen LogP contribution in [0.4, 0.5) is 4.79 Å². The predicted octanol–water partition coefficient (Wildman–Crippen LogP) is 1.43. The van der Waals surface area contributed by atoms with Gasteiger partial charge in [-0.25, -0.2) is 4.79 Å². The summed E-state index contributed by atoms with van der Waals surface area (Å²) in [6.07, 6.45) is 4.59. The van der Waals surface area contributed by atoms with Crippen LogP contribution in [0.25, 0.3) is 0 Å². The maximum atomic E-state index is 12.0. The molecule has 2 N–H and O–H groups in total. The van der Waals surface area contributed by atoms with Crippen molar-refractivity contribution in [2.24, 2.45) is 5.92 Å². The zero-order valence-electron chi connectivity index (χ0n) is 10.2. The molecule has 0 aliphatic heterocycles. The van der Waals surface area contributed by atoms with E-state index in [4.69, 9.17) is 5.11 Å². The second-order valence-electron chi connectivity index (χ2n) is 5.09. The van der Waals surface area contributed by atoms with Crippen LogP contribution < -0.4 is 5.32 Å². The quantitative estimate of drug-likeness (QED) is 0.738. The van der Waals surface area contributed by atoms with Crippen LogP contribution >= 0.6 is 0 Å². The number of hydrogen-bond donors (Lipinski definition) is 2. The highest BCUT2D eigenvalue weighted by Gasteiger charge is 2.41. The van der Waals surface area contributed by atoms with E-state index in [0.717, 1.165) is 12.8 Å². The summed E-state index contributed by atoms with van der Waals surface area (Å²) in [6.45, 7) is 2.32. The van der Waals surface area contributed by atoms with Crippen molar-refractivity contribution in [2.75, 3.05) is 6.54 Å². The third-order valence-electron chi connectivity index (χ3n) is 3.53. The van der Waals surface area contributed by atoms with Crippen molar-refractivity contribution in [3.63, 3.8) is 0 Å². The lowest BCUT2D eigenvalue weighted by molar-refractivity contribution is -0.136. The van der Waals surface area contributed by atoms with Gasteiger partial charge < -0.3 is 15.3 Å². The molecule has 0 aromatic carbocycles. The summed E-state index contributed by atoms with van der Waals surface area (Å²) in [4.78, 5) is 24.3. The van der Waals surface area contributed by atoms with Crippen LogP contribution in [0.2, 0.25) is 0 Å². The minimum absolute atomic E-state index is 0.0118. The molecule has 96 valence electrons. The Kier molecular flexibility index (Phi) is 3.54. The molecule has 2 saturated carbocycles. The summed E-state index contributed by atoms with van der Waals surface area (Å²) < 4.78 is 0. The molecule has 0 aromatic heterocycles. The van der Waals surface area contributed by atoms with Crippen LogP contribution in [-0.4, -0.2) is 40.6 Å². The summed E-state index contributed by atoms with van der Waals surface area (Å²) in [5.74, 6) is -0.223. The lowest BCUT2D eigenvalue weighted by Gasteiger charge is -2.29. The van der Waals surface area contributed by atoms with Gasteiger partial charge in [0.15, 0.2) is 0 Å². The maximum Gasteiger partial charge on any atom is 0.317 e. The van der Waals surface area contributed by atoms with Crippen LogP contribution in [0.3, 0.4) is 0 Å². The molecule has 0 radical (unpaired) electrons. The highest BCUT2D eigenvalue weighted by molar-refractivity contribution is 5.76. The van der Waals surface area contributed by atoms with Gasteiger partial charge in [0.1, 0.15) is 0 Å². The van der Waals surface area contributed by atoms with Gasteiger partial charge >= 0.3 is 12.0 Å². The zero-order valence-corrected chi connectivity index (χ0v) is 10.2. The highest BCUT2D eigenvalue weighted by Crippen LogP contribution is 2.39. The van der Waals surface area contributed by atoms with E-state index in [-0.39, 0.29) is 19.0 Å². The lowest BCUT2D eigenvalue weighted by Crippen LogP contribution is -2.47. The number of amides is 2. The Balaban J connectivity index is 1.82. The van der Waals surface area contributed by atoms with Gasteiger partial charge in [0.25, 0.3) is 0 Å². The number of hydrogen-bond acceptors (Lipinski definition) is 2. The minimum atomic E-state index is -0.876. The van der Waals surface area contributed by atoms with E-state index >= 15 is 0 Å². The van der Waals surface area contributed by atoms with Crippen molar-refractivity contribution in [3.8, 4) is 0 Å². The van der Waals surface area contributed by atoms with Crippen molar-refractivity contribution in [1.29, 1.82) is 0 Å². The highest BCUT2D eigenvalue weighted by atomic mass is 16.4. The third-order valence-corrected chi connectivity index (χ3v) is 3.53. The molecular weight excluding hydrogens is 220 g/mol. The summed E-state index contributed by atoms with van der Waals surface area (Å²) >= 11 is 0. The Labute approximate surface area is 101 Å². The smallest absolute Gasteiger partial charge is 0.317 e. The molecule has 0 bridgehead atoms. The molecule has 5 nitrogen and oxygen atoms in total. The molecule has 2 aliphatic carbocycles. The molecule has 1 unspecified atom stereocenters. The molecule has 2 rings (SSSR count). The van der Waals surface area contributed by atoms with E-state index in [9.17, 15) is 9.59 Å². The van der Waals surface area contributed by atoms with E-state index in [1.54, 1.807) is 0 Å². The van der Waals surface area contributed by atoms with Crippen LogP contribution in [0.15, 0.2) is 0 Å². The molecule has 17 heavy (non-hydrogen) atoms. The van der Waals surface area contributed by atoms with Gasteiger partial charge in [-0.15, -0.1) is 0 Å². The second-order valence-corrected chi connectivity index (χ2v) is 5.09. The van der Waals surface area contributed by atoms with E-state index in [1.165, 1.54) is 12.8 Å². The van der Waals surface area contributed by atoms with Gasteiger partial charge in [-0.3, -0.25) is 4.79 Å². The summed E-state index contributed by atoms with van der Waals surface area (Å²) in [7, 11) is 0. The Morgan fingerprint density at radius 2 is 2.00 bits per heavy atom. The Bertz CT molecular complexity index is 311. The Hall–Kier alpha value is -1.26. The number of urea groups is 1. The Morgan fingerprint density at radius 3 is 2.47 bits per heavy atom. The van der Waals surface area contributed by atoms with Crippen molar-refractivity contribution in [1.82, 2.24) is 10.2 Å². The summed E-state index contributed by atoms with van der Waals surface area (Å²) in [5.41, 5.74) is 0. The van der Waals surface area contributed by atoms with Crippen LogP contribution in [0, 0.1) is 5.92 Å². The molecule has 2 fully saturated rings. The van der Waals surface area contributed by atoms with Gasteiger partial charge in [0.05, 0.1) is 6.42 Å². The van der Waals surface area contributed by atoms with Crippen molar-refractivity contribution >= 4 is 12.0 Å². The molecule has 1 atom stereocenters. The topological polar surface area (TPSA) is 69.6 Å². The van der Waals surface area contributed by atoms with Crippen molar-refractivity contribution in [3.05, 3.63) is 0 Å². The third kappa shape index (κ3) is 3.35. The fourth-order valence-electron chi connectivity index (χ4n) is 2.21. The van der Waals surface area contributed by atoms with E-state index in [2.05, 4.69) is 12.2 Å². The van der Waals surface area contributed by atoms with E-state index in [1.807, 2.05) is 4.90 Å². The number of carbonyl (C=O) groups is 2. The number of nitrogens with zero attached hydrogens (tertiary/aromatic N) is 1. The normalized spacial score (nSPS) is 20.8. The summed E-state index contributed by atoms with van der Waals surface area (Å²) in [5, 5.41) is 11.2. The van der Waals surface area contributed by atoms with Crippen molar-refractivity contribution < 1.29 is 14.7 Å². The van der Waals surface area contributed by atoms with E-state index in [0.29, 0.717) is 18.0 Å². The minimum Gasteiger partial charge on any atom is -0.481 e. The molecule has 0 saturated heterocycles. The zero-order chi connectivity index (χ0) is 12.4. The van der Waals surface area contributed by atoms with Crippen molar-refractivity contribution in [2.45, 2.75) is 51.1 Å². The molecular formula is C12H20N2O3. The molecule has 0 heterocycles. The first-order valence-electron chi connectivity index (χ1n) is 6.37. The second kappa shape index (κ2) is 4.94. The fraction of sp³-hybridized carbons (Fsp3) is 0.833. The first-order valence-corrected chi connectivity index (χ1v) is 6.37. The largest absolute Gasteiger partial charge is 0.481 e. The molecule has 0 aromatic rings. The fourth-order valence-corrected chi connectivity index (χ4v) is 2.21. The number of aliphatic carboxylic acids is 1. The number of rotatable bonds is 6. The first kappa shape index (κ1) is 12.2. The lowest BCUT2D eigenvalue weighted by atomic mass is 10.2. The van der Waals surface area contributed by atoms with E-state index < -0.39 is 5.97 Å². The SMILES string of the molecule is CC(C1CC1)N(C(=O)NCCC(=O)O)C1CC1. The number of carbonyl (C=O) groups excluding carboxylic acids is 1. The van der Waals surface area contributed by atoms with Crippen LogP contribution in [0.5, 0.6) is 0 Å². The molecule has 5 heteroatoms. The maximum absolute atomic E-state index is 12.0.